The highest BCUT2D eigenvalue weighted by Crippen LogP contribution is 2.26. The SMILES string of the molecule is Cc1cccc(Cn2ccc(NC(=O)c3ccc(COc4ccc(F)cc4Cl)o3)n2)c1. The van der Waals surface area contributed by atoms with Crippen LogP contribution in [0, 0.1) is 12.7 Å². The topological polar surface area (TPSA) is 69.3 Å². The minimum absolute atomic E-state index is 0.0454. The third-order valence-corrected chi connectivity index (χ3v) is 4.75. The summed E-state index contributed by atoms with van der Waals surface area (Å²) >= 11 is 5.93. The van der Waals surface area contributed by atoms with E-state index in [4.69, 9.17) is 20.8 Å². The molecule has 0 aliphatic rings. The second kappa shape index (κ2) is 9.06. The van der Waals surface area contributed by atoms with Crippen molar-refractivity contribution in [1.82, 2.24) is 9.78 Å². The van der Waals surface area contributed by atoms with Crippen molar-refractivity contribution in [1.29, 1.82) is 0 Å². The Labute approximate surface area is 183 Å². The number of hydrogen-bond acceptors (Lipinski definition) is 4. The van der Waals surface area contributed by atoms with Gasteiger partial charge in [-0.15, -0.1) is 0 Å². The fraction of sp³-hybridized carbons (Fsp3) is 0.130. The molecular weight excluding hydrogens is 421 g/mol. The fourth-order valence-electron chi connectivity index (χ4n) is 3.01. The van der Waals surface area contributed by atoms with Crippen molar-refractivity contribution in [2.24, 2.45) is 0 Å². The number of anilines is 1. The van der Waals surface area contributed by atoms with E-state index in [0.29, 0.717) is 23.9 Å². The molecule has 2 aromatic carbocycles. The zero-order valence-corrected chi connectivity index (χ0v) is 17.4. The Hall–Kier alpha value is -3.58. The lowest BCUT2D eigenvalue weighted by atomic mass is 10.1. The van der Waals surface area contributed by atoms with Gasteiger partial charge in [0.1, 0.15) is 23.9 Å². The normalized spacial score (nSPS) is 10.8. The molecule has 4 rings (SSSR count). The van der Waals surface area contributed by atoms with Crippen LogP contribution in [0.15, 0.2) is 71.3 Å². The molecule has 2 heterocycles. The number of benzene rings is 2. The Morgan fingerprint density at radius 3 is 2.87 bits per heavy atom. The molecule has 0 fully saturated rings. The van der Waals surface area contributed by atoms with E-state index in [-0.39, 0.29) is 17.4 Å². The smallest absolute Gasteiger partial charge is 0.292 e. The standard InChI is InChI=1S/C23H19ClFN3O3/c1-15-3-2-4-16(11-15)13-28-10-9-22(27-28)26-23(29)21-8-6-18(31-21)14-30-20-7-5-17(25)12-19(20)24/h2-12H,13-14H2,1H3,(H,26,27,29). The van der Waals surface area contributed by atoms with Gasteiger partial charge in [-0.2, -0.15) is 5.10 Å². The van der Waals surface area contributed by atoms with E-state index >= 15 is 0 Å². The summed E-state index contributed by atoms with van der Waals surface area (Å²) in [4.78, 5) is 12.4. The van der Waals surface area contributed by atoms with E-state index in [1.165, 1.54) is 17.7 Å². The first-order chi connectivity index (χ1) is 15.0. The Balaban J connectivity index is 1.34. The van der Waals surface area contributed by atoms with Crippen LogP contribution in [-0.2, 0) is 13.2 Å². The zero-order valence-electron chi connectivity index (χ0n) is 16.6. The summed E-state index contributed by atoms with van der Waals surface area (Å²) in [7, 11) is 0. The van der Waals surface area contributed by atoms with Crippen molar-refractivity contribution >= 4 is 23.3 Å². The van der Waals surface area contributed by atoms with Gasteiger partial charge in [-0.05, 0) is 42.8 Å². The lowest BCUT2D eigenvalue weighted by molar-refractivity contribution is 0.0992. The van der Waals surface area contributed by atoms with Crippen LogP contribution >= 0.6 is 11.6 Å². The second-order valence-corrected chi connectivity index (χ2v) is 7.38. The maximum Gasteiger partial charge on any atom is 0.292 e. The molecule has 0 aliphatic heterocycles. The average Bonchev–Trinajstić information content (AvgIpc) is 3.37. The summed E-state index contributed by atoms with van der Waals surface area (Å²) in [5, 5.41) is 7.24. The molecule has 0 aliphatic carbocycles. The molecule has 1 amide bonds. The van der Waals surface area contributed by atoms with Crippen LogP contribution in [0.2, 0.25) is 5.02 Å². The number of nitrogens with zero attached hydrogens (tertiary/aromatic N) is 2. The lowest BCUT2D eigenvalue weighted by Crippen LogP contribution is -2.12. The molecule has 0 radical (unpaired) electrons. The molecule has 1 N–H and O–H groups in total. The van der Waals surface area contributed by atoms with Crippen molar-refractivity contribution in [3.63, 3.8) is 0 Å². The number of carbonyl (C=O) groups excluding carboxylic acids is 1. The third-order valence-electron chi connectivity index (χ3n) is 4.46. The van der Waals surface area contributed by atoms with Gasteiger partial charge in [-0.3, -0.25) is 9.48 Å². The predicted molar refractivity (Wildman–Crippen MR) is 115 cm³/mol. The summed E-state index contributed by atoms with van der Waals surface area (Å²) in [6.07, 6.45) is 1.80. The second-order valence-electron chi connectivity index (χ2n) is 6.97. The molecule has 31 heavy (non-hydrogen) atoms. The van der Waals surface area contributed by atoms with Gasteiger partial charge in [0, 0.05) is 12.3 Å². The van der Waals surface area contributed by atoms with Gasteiger partial charge >= 0.3 is 0 Å². The van der Waals surface area contributed by atoms with Gasteiger partial charge in [-0.1, -0.05) is 41.4 Å². The first kappa shape index (κ1) is 20.7. The number of furan rings is 1. The number of aromatic nitrogens is 2. The molecular formula is C23H19ClFN3O3. The number of nitrogens with one attached hydrogen (secondary N) is 1. The molecule has 0 atom stereocenters. The molecule has 2 aromatic heterocycles. The third kappa shape index (κ3) is 5.32. The molecule has 0 saturated heterocycles. The molecule has 0 spiro atoms. The van der Waals surface area contributed by atoms with Crippen LogP contribution in [0.5, 0.6) is 5.75 Å². The van der Waals surface area contributed by atoms with E-state index in [0.717, 1.165) is 11.6 Å². The Morgan fingerprint density at radius 2 is 2.06 bits per heavy atom. The molecule has 158 valence electrons. The maximum atomic E-state index is 13.1. The number of rotatable bonds is 7. The molecule has 0 saturated carbocycles. The minimum Gasteiger partial charge on any atom is -0.484 e. The van der Waals surface area contributed by atoms with Gasteiger partial charge < -0.3 is 14.5 Å². The molecule has 6 nitrogen and oxygen atoms in total. The largest absolute Gasteiger partial charge is 0.484 e. The summed E-state index contributed by atoms with van der Waals surface area (Å²) < 4.78 is 25.9. The number of hydrogen-bond donors (Lipinski definition) is 1. The highest BCUT2D eigenvalue weighted by atomic mass is 35.5. The van der Waals surface area contributed by atoms with Crippen LogP contribution < -0.4 is 10.1 Å². The molecule has 4 aromatic rings. The van der Waals surface area contributed by atoms with Crippen molar-refractivity contribution in [2.75, 3.05) is 5.32 Å². The summed E-state index contributed by atoms with van der Waals surface area (Å²) in [6, 6.07) is 16.9. The number of amides is 1. The Bertz CT molecular complexity index is 1220. The molecule has 0 bridgehead atoms. The van der Waals surface area contributed by atoms with Crippen LogP contribution in [0.3, 0.4) is 0 Å². The first-order valence-corrected chi connectivity index (χ1v) is 9.91. The number of halogens is 2. The molecule has 0 unspecified atom stereocenters. The number of carbonyl (C=O) groups is 1. The maximum absolute atomic E-state index is 13.1. The monoisotopic (exact) mass is 439 g/mol. The van der Waals surface area contributed by atoms with Gasteiger partial charge in [0.15, 0.2) is 11.6 Å². The summed E-state index contributed by atoms with van der Waals surface area (Å²) in [5.41, 5.74) is 2.30. The Morgan fingerprint density at radius 1 is 1.19 bits per heavy atom. The number of ether oxygens (including phenoxy) is 1. The van der Waals surface area contributed by atoms with Crippen LogP contribution in [0.25, 0.3) is 0 Å². The molecule has 8 heteroatoms. The summed E-state index contributed by atoms with van der Waals surface area (Å²) in [5.74, 6) is 0.421. The van der Waals surface area contributed by atoms with E-state index in [9.17, 15) is 9.18 Å². The zero-order chi connectivity index (χ0) is 21.8. The fourth-order valence-corrected chi connectivity index (χ4v) is 3.23. The van der Waals surface area contributed by atoms with Crippen LogP contribution in [0.1, 0.15) is 27.4 Å². The number of aryl methyl sites for hydroxylation is 1. The summed E-state index contributed by atoms with van der Waals surface area (Å²) in [6.45, 7) is 2.69. The average molecular weight is 440 g/mol. The Kier molecular flexibility index (Phi) is 6.04. The van der Waals surface area contributed by atoms with Gasteiger partial charge in [0.25, 0.3) is 5.91 Å². The van der Waals surface area contributed by atoms with Crippen molar-refractivity contribution in [2.45, 2.75) is 20.1 Å². The van der Waals surface area contributed by atoms with Crippen LogP contribution in [0.4, 0.5) is 10.2 Å². The van der Waals surface area contributed by atoms with E-state index in [2.05, 4.69) is 16.5 Å². The van der Waals surface area contributed by atoms with E-state index < -0.39 is 11.7 Å². The van der Waals surface area contributed by atoms with Gasteiger partial charge in [0.05, 0.1) is 11.6 Å². The van der Waals surface area contributed by atoms with Gasteiger partial charge in [-0.25, -0.2) is 4.39 Å². The van der Waals surface area contributed by atoms with E-state index in [1.807, 2.05) is 25.1 Å². The van der Waals surface area contributed by atoms with E-state index in [1.54, 1.807) is 29.1 Å². The van der Waals surface area contributed by atoms with Crippen molar-refractivity contribution < 1.29 is 18.3 Å². The highest BCUT2D eigenvalue weighted by Gasteiger charge is 2.14. The first-order valence-electron chi connectivity index (χ1n) is 9.53. The lowest BCUT2D eigenvalue weighted by Gasteiger charge is -2.06. The van der Waals surface area contributed by atoms with Gasteiger partial charge in [0.2, 0.25) is 0 Å². The minimum atomic E-state index is -0.448. The van der Waals surface area contributed by atoms with Crippen molar-refractivity contribution in [3.05, 3.63) is 100 Å². The predicted octanol–water partition coefficient (Wildman–Crippen LogP) is 5.46. The highest BCUT2D eigenvalue weighted by molar-refractivity contribution is 6.32. The quantitative estimate of drug-likeness (QED) is 0.415. The van der Waals surface area contributed by atoms with Crippen LogP contribution in [-0.4, -0.2) is 15.7 Å². The van der Waals surface area contributed by atoms with Crippen molar-refractivity contribution in [3.8, 4) is 5.75 Å².